The summed E-state index contributed by atoms with van der Waals surface area (Å²) in [6, 6.07) is 0. The summed E-state index contributed by atoms with van der Waals surface area (Å²) in [4.78, 5) is 11.6. The molecule has 0 amide bonds. The number of piperidine rings is 1. The largest absolute Gasteiger partial charge is 0.462 e. The molecule has 0 saturated carbocycles. The minimum Gasteiger partial charge on any atom is -0.462 e. The van der Waals surface area contributed by atoms with Gasteiger partial charge in [0.2, 0.25) is 0 Å². The summed E-state index contributed by atoms with van der Waals surface area (Å²) >= 11 is 0. The van der Waals surface area contributed by atoms with Gasteiger partial charge in [-0.25, -0.2) is 0 Å². The fourth-order valence-electron chi connectivity index (χ4n) is 1.48. The molecule has 1 aliphatic rings. The highest BCUT2D eigenvalue weighted by molar-refractivity contribution is 5.75. The molecule has 1 saturated heterocycles. The van der Waals surface area contributed by atoms with Gasteiger partial charge >= 0.3 is 5.97 Å². The van der Waals surface area contributed by atoms with Crippen molar-refractivity contribution in [2.45, 2.75) is 40.2 Å². The molecule has 3 heteroatoms. The van der Waals surface area contributed by atoms with Gasteiger partial charge in [-0.2, -0.15) is 0 Å². The van der Waals surface area contributed by atoms with Crippen molar-refractivity contribution in [2.75, 3.05) is 13.1 Å². The molecule has 1 fully saturated rings. The summed E-state index contributed by atoms with van der Waals surface area (Å²) < 4.78 is 5.49. The van der Waals surface area contributed by atoms with E-state index in [9.17, 15) is 4.79 Å². The Labute approximate surface area is 86.2 Å². The third-order valence-corrected chi connectivity index (χ3v) is 2.58. The smallest absolute Gasteiger partial charge is 0.311 e. The molecule has 82 valence electrons. The number of esters is 1. The molecule has 3 nitrogen and oxygen atoms in total. The van der Waals surface area contributed by atoms with E-state index in [2.05, 4.69) is 12.2 Å². The molecule has 1 N–H and O–H groups in total. The van der Waals surface area contributed by atoms with Crippen LogP contribution in [-0.2, 0) is 9.53 Å². The quantitative estimate of drug-likeness (QED) is 0.651. The Bertz CT molecular complexity index is 208. The molecular weight excluding hydrogens is 178 g/mol. The summed E-state index contributed by atoms with van der Waals surface area (Å²) in [5.41, 5.74) is -0.384. The minimum absolute atomic E-state index is 0.0868. The molecule has 1 rings (SSSR count). The second-order valence-electron chi connectivity index (χ2n) is 5.16. The van der Waals surface area contributed by atoms with Crippen molar-refractivity contribution in [3.05, 3.63) is 0 Å². The lowest BCUT2D eigenvalue weighted by atomic mass is 9.95. The maximum Gasteiger partial charge on any atom is 0.311 e. The van der Waals surface area contributed by atoms with E-state index in [1.165, 1.54) is 0 Å². The van der Waals surface area contributed by atoms with Gasteiger partial charge in [0.15, 0.2) is 0 Å². The van der Waals surface area contributed by atoms with E-state index in [-0.39, 0.29) is 17.5 Å². The van der Waals surface area contributed by atoms with Gasteiger partial charge in [-0.15, -0.1) is 0 Å². The number of carbonyl (C=O) groups is 1. The van der Waals surface area contributed by atoms with Crippen LogP contribution >= 0.6 is 0 Å². The maximum absolute atomic E-state index is 11.6. The van der Waals surface area contributed by atoms with Crippen LogP contribution in [-0.4, -0.2) is 25.2 Å². The van der Waals surface area contributed by atoms with Gasteiger partial charge in [0.05, 0.1) is 5.41 Å². The predicted octanol–water partition coefficient (Wildman–Crippen LogP) is 1.57. The molecule has 14 heavy (non-hydrogen) atoms. The van der Waals surface area contributed by atoms with Crippen molar-refractivity contribution < 1.29 is 9.53 Å². The Balaban J connectivity index is 2.46. The lowest BCUT2D eigenvalue weighted by Gasteiger charge is -2.31. The van der Waals surface area contributed by atoms with Gasteiger partial charge in [-0.1, -0.05) is 6.92 Å². The highest BCUT2D eigenvalue weighted by atomic mass is 16.5. The lowest BCUT2D eigenvalue weighted by Crippen LogP contribution is -2.42. The van der Waals surface area contributed by atoms with Crippen LogP contribution < -0.4 is 5.32 Å². The molecule has 2 atom stereocenters. The van der Waals surface area contributed by atoms with Gasteiger partial charge in [0.1, 0.15) is 6.10 Å². The van der Waals surface area contributed by atoms with Crippen LogP contribution in [0.4, 0.5) is 0 Å². The van der Waals surface area contributed by atoms with Gasteiger partial charge in [-0.3, -0.25) is 4.79 Å². The van der Waals surface area contributed by atoms with Crippen molar-refractivity contribution in [2.24, 2.45) is 11.3 Å². The molecule has 1 heterocycles. The van der Waals surface area contributed by atoms with Gasteiger partial charge in [-0.05, 0) is 33.7 Å². The van der Waals surface area contributed by atoms with Gasteiger partial charge in [0, 0.05) is 12.5 Å². The second-order valence-corrected chi connectivity index (χ2v) is 5.16. The topological polar surface area (TPSA) is 38.3 Å². The van der Waals surface area contributed by atoms with E-state index in [1.807, 2.05) is 20.8 Å². The lowest BCUT2D eigenvalue weighted by molar-refractivity contribution is -0.162. The zero-order valence-electron chi connectivity index (χ0n) is 9.59. The first-order chi connectivity index (χ1) is 6.41. The van der Waals surface area contributed by atoms with Crippen LogP contribution in [0.15, 0.2) is 0 Å². The molecule has 0 aromatic carbocycles. The van der Waals surface area contributed by atoms with Crippen molar-refractivity contribution in [3.8, 4) is 0 Å². The zero-order valence-corrected chi connectivity index (χ0v) is 9.59. The number of ether oxygens (including phenoxy) is 1. The molecule has 0 radical (unpaired) electrons. The van der Waals surface area contributed by atoms with E-state index >= 15 is 0 Å². The van der Waals surface area contributed by atoms with Crippen LogP contribution in [0, 0.1) is 11.3 Å². The number of rotatable bonds is 1. The fraction of sp³-hybridized carbons (Fsp3) is 0.909. The van der Waals surface area contributed by atoms with Crippen LogP contribution in [0.5, 0.6) is 0 Å². The first-order valence-electron chi connectivity index (χ1n) is 5.33. The third-order valence-electron chi connectivity index (χ3n) is 2.58. The molecule has 0 aliphatic carbocycles. The van der Waals surface area contributed by atoms with Crippen molar-refractivity contribution >= 4 is 5.97 Å². The summed E-state index contributed by atoms with van der Waals surface area (Å²) in [5.74, 6) is 0.339. The van der Waals surface area contributed by atoms with Crippen molar-refractivity contribution in [3.63, 3.8) is 0 Å². The number of hydrogen-bond donors (Lipinski definition) is 1. The van der Waals surface area contributed by atoms with Crippen LogP contribution in [0.3, 0.4) is 0 Å². The first-order valence-corrected chi connectivity index (χ1v) is 5.33. The Morgan fingerprint density at radius 1 is 1.43 bits per heavy atom. The minimum atomic E-state index is -0.384. The Morgan fingerprint density at radius 3 is 2.57 bits per heavy atom. The van der Waals surface area contributed by atoms with Crippen molar-refractivity contribution in [1.82, 2.24) is 5.32 Å². The Hall–Kier alpha value is -0.570. The highest BCUT2D eigenvalue weighted by Gasteiger charge is 2.30. The molecule has 0 spiro atoms. The molecule has 1 aliphatic heterocycles. The fourth-order valence-corrected chi connectivity index (χ4v) is 1.48. The molecule has 0 bridgehead atoms. The first kappa shape index (κ1) is 11.5. The zero-order chi connectivity index (χ0) is 10.8. The summed E-state index contributed by atoms with van der Waals surface area (Å²) in [7, 11) is 0. The number of hydrogen-bond acceptors (Lipinski definition) is 3. The third kappa shape index (κ3) is 2.98. The van der Waals surface area contributed by atoms with E-state index in [1.54, 1.807) is 0 Å². The van der Waals surface area contributed by atoms with E-state index in [0.29, 0.717) is 5.92 Å². The van der Waals surface area contributed by atoms with E-state index < -0.39 is 0 Å². The summed E-state index contributed by atoms with van der Waals surface area (Å²) in [6.07, 6.45) is 1.03. The van der Waals surface area contributed by atoms with E-state index in [4.69, 9.17) is 4.74 Å². The maximum atomic E-state index is 11.6. The molecule has 0 aromatic heterocycles. The average Bonchev–Trinajstić information content (AvgIpc) is 2.07. The predicted molar refractivity (Wildman–Crippen MR) is 56.0 cm³/mol. The SMILES string of the molecule is C[C@@H]1CNCC[C@H]1OC(=O)C(C)(C)C. The van der Waals surface area contributed by atoms with Crippen LogP contribution in [0.1, 0.15) is 34.1 Å². The standard InChI is InChI=1S/C11H21NO2/c1-8-7-12-6-5-9(8)14-10(13)11(2,3)4/h8-9,12H,5-7H2,1-4H3/t8-,9-/m1/s1. The molecule has 0 unspecified atom stereocenters. The molecule has 0 aromatic rings. The van der Waals surface area contributed by atoms with Crippen LogP contribution in [0.25, 0.3) is 0 Å². The normalized spacial score (nSPS) is 28.6. The monoisotopic (exact) mass is 199 g/mol. The van der Waals surface area contributed by atoms with Crippen LogP contribution in [0.2, 0.25) is 0 Å². The average molecular weight is 199 g/mol. The number of carbonyl (C=O) groups excluding carboxylic acids is 1. The number of nitrogens with one attached hydrogen (secondary N) is 1. The second kappa shape index (κ2) is 4.30. The van der Waals surface area contributed by atoms with E-state index in [0.717, 1.165) is 19.5 Å². The van der Waals surface area contributed by atoms with Crippen molar-refractivity contribution in [1.29, 1.82) is 0 Å². The Kier molecular flexibility index (Phi) is 3.53. The highest BCUT2D eigenvalue weighted by Crippen LogP contribution is 2.21. The Morgan fingerprint density at radius 2 is 2.07 bits per heavy atom. The van der Waals surface area contributed by atoms with Gasteiger partial charge in [0.25, 0.3) is 0 Å². The van der Waals surface area contributed by atoms with Gasteiger partial charge < -0.3 is 10.1 Å². The molecular formula is C11H21NO2. The summed E-state index contributed by atoms with van der Waals surface area (Å²) in [5, 5.41) is 3.29. The summed E-state index contributed by atoms with van der Waals surface area (Å²) in [6.45, 7) is 9.69.